The van der Waals surface area contributed by atoms with Gasteiger partial charge < -0.3 is 15.4 Å². The van der Waals surface area contributed by atoms with Gasteiger partial charge in [0.2, 0.25) is 0 Å². The first kappa shape index (κ1) is 14.3. The fourth-order valence-corrected chi connectivity index (χ4v) is 2.26. The zero-order chi connectivity index (χ0) is 14.5. The number of nitrogen functional groups attached to an aromatic ring is 1. The number of nitrogens with zero attached hydrogens (tertiary/aromatic N) is 1. The van der Waals surface area contributed by atoms with Gasteiger partial charge in [-0.2, -0.15) is 0 Å². The number of hydrogen-bond acceptors (Lipinski definition) is 3. The van der Waals surface area contributed by atoms with Gasteiger partial charge in [0.15, 0.2) is 0 Å². The molecule has 0 spiro atoms. The molecule has 3 heteroatoms. The van der Waals surface area contributed by atoms with Gasteiger partial charge in [-0.3, -0.25) is 0 Å². The van der Waals surface area contributed by atoms with Crippen LogP contribution in [0.5, 0.6) is 5.75 Å². The molecule has 0 heterocycles. The third-order valence-electron chi connectivity index (χ3n) is 3.46. The molecular weight excluding hydrogens is 248 g/mol. The van der Waals surface area contributed by atoms with E-state index in [1.807, 2.05) is 18.2 Å². The van der Waals surface area contributed by atoms with E-state index < -0.39 is 0 Å². The zero-order valence-corrected chi connectivity index (χ0v) is 12.4. The number of benzene rings is 2. The maximum atomic E-state index is 6.10. The fraction of sp³-hybridized carbons (Fsp3) is 0.294. The Labute approximate surface area is 121 Å². The molecule has 0 bridgehead atoms. The highest BCUT2D eigenvalue weighted by Crippen LogP contribution is 2.24. The third-order valence-corrected chi connectivity index (χ3v) is 3.46. The van der Waals surface area contributed by atoms with Crippen LogP contribution in [0.25, 0.3) is 0 Å². The molecule has 0 saturated carbocycles. The van der Waals surface area contributed by atoms with Crippen LogP contribution in [-0.4, -0.2) is 13.7 Å². The number of hydrogen-bond donors (Lipinski definition) is 1. The van der Waals surface area contributed by atoms with Gasteiger partial charge in [0.1, 0.15) is 5.75 Å². The Hall–Kier alpha value is -2.16. The normalized spacial score (nSPS) is 10.3. The first-order valence-corrected chi connectivity index (χ1v) is 6.88. The molecule has 0 saturated heterocycles. The van der Waals surface area contributed by atoms with Gasteiger partial charge in [0, 0.05) is 30.5 Å². The highest BCUT2D eigenvalue weighted by molar-refractivity contribution is 5.55. The Bertz CT molecular complexity index is 581. The topological polar surface area (TPSA) is 38.5 Å². The molecule has 0 fully saturated rings. The summed E-state index contributed by atoms with van der Waals surface area (Å²) in [7, 11) is 1.65. The predicted molar refractivity (Wildman–Crippen MR) is 85.3 cm³/mol. The average Bonchev–Trinajstić information content (AvgIpc) is 2.46. The number of ether oxygens (including phenoxy) is 1. The van der Waals surface area contributed by atoms with E-state index in [4.69, 9.17) is 10.5 Å². The monoisotopic (exact) mass is 270 g/mol. The molecular formula is C17H22N2O. The van der Waals surface area contributed by atoms with Crippen LogP contribution in [0.4, 0.5) is 11.4 Å². The van der Waals surface area contributed by atoms with Gasteiger partial charge in [0.25, 0.3) is 0 Å². The molecule has 0 unspecified atom stereocenters. The second-order valence-electron chi connectivity index (χ2n) is 4.92. The summed E-state index contributed by atoms with van der Waals surface area (Å²) in [6, 6.07) is 14.4. The van der Waals surface area contributed by atoms with E-state index in [0.29, 0.717) is 0 Å². The van der Waals surface area contributed by atoms with Crippen molar-refractivity contribution in [1.82, 2.24) is 0 Å². The molecule has 3 nitrogen and oxygen atoms in total. The SMILES string of the molecule is CCN(Cc1ccc(OC)cc1N)c1cccc(C)c1. The molecule has 2 aromatic carbocycles. The van der Waals surface area contributed by atoms with Crippen LogP contribution in [0.1, 0.15) is 18.1 Å². The predicted octanol–water partition coefficient (Wildman–Crippen LogP) is 3.61. The van der Waals surface area contributed by atoms with Crippen molar-refractivity contribution in [2.45, 2.75) is 20.4 Å². The Kier molecular flexibility index (Phi) is 4.51. The number of rotatable bonds is 5. The van der Waals surface area contributed by atoms with Crippen molar-refractivity contribution in [2.24, 2.45) is 0 Å². The first-order chi connectivity index (χ1) is 9.63. The lowest BCUT2D eigenvalue weighted by Gasteiger charge is -2.24. The largest absolute Gasteiger partial charge is 0.497 e. The van der Waals surface area contributed by atoms with E-state index >= 15 is 0 Å². The van der Waals surface area contributed by atoms with Gasteiger partial charge in [-0.25, -0.2) is 0 Å². The molecule has 0 aliphatic heterocycles. The summed E-state index contributed by atoms with van der Waals surface area (Å²) in [5.41, 5.74) is 10.5. The lowest BCUT2D eigenvalue weighted by atomic mass is 10.1. The highest BCUT2D eigenvalue weighted by Gasteiger charge is 2.08. The quantitative estimate of drug-likeness (QED) is 0.843. The highest BCUT2D eigenvalue weighted by atomic mass is 16.5. The Balaban J connectivity index is 2.22. The molecule has 2 N–H and O–H groups in total. The van der Waals surface area contributed by atoms with Gasteiger partial charge >= 0.3 is 0 Å². The van der Waals surface area contributed by atoms with Gasteiger partial charge in [0.05, 0.1) is 7.11 Å². The van der Waals surface area contributed by atoms with Gasteiger partial charge in [-0.15, -0.1) is 0 Å². The van der Waals surface area contributed by atoms with E-state index in [1.54, 1.807) is 7.11 Å². The van der Waals surface area contributed by atoms with E-state index in [0.717, 1.165) is 30.1 Å². The molecule has 0 aromatic heterocycles. The van der Waals surface area contributed by atoms with Crippen molar-refractivity contribution in [3.8, 4) is 5.75 Å². The molecule has 0 radical (unpaired) electrons. The molecule has 2 aromatic rings. The van der Waals surface area contributed by atoms with Crippen LogP contribution in [0, 0.1) is 6.92 Å². The standard InChI is InChI=1S/C17H22N2O/c1-4-19(15-7-5-6-13(2)10-15)12-14-8-9-16(20-3)11-17(14)18/h5-11H,4,12,18H2,1-3H3. The van der Waals surface area contributed by atoms with E-state index in [2.05, 4.69) is 43.0 Å². The second kappa shape index (κ2) is 6.33. The lowest BCUT2D eigenvalue weighted by molar-refractivity contribution is 0.415. The van der Waals surface area contributed by atoms with Gasteiger partial charge in [-0.05, 0) is 43.2 Å². The Morgan fingerprint density at radius 3 is 2.55 bits per heavy atom. The third kappa shape index (κ3) is 3.23. The molecule has 2 rings (SSSR count). The number of nitrogens with two attached hydrogens (primary N) is 1. The number of methoxy groups -OCH3 is 1. The number of anilines is 2. The van der Waals surface area contributed by atoms with Crippen LogP contribution in [0.15, 0.2) is 42.5 Å². The minimum absolute atomic E-state index is 0.774. The first-order valence-electron chi connectivity index (χ1n) is 6.88. The molecule has 20 heavy (non-hydrogen) atoms. The maximum Gasteiger partial charge on any atom is 0.120 e. The summed E-state index contributed by atoms with van der Waals surface area (Å²) in [6.45, 7) is 6.01. The summed E-state index contributed by atoms with van der Waals surface area (Å²) in [5, 5.41) is 0. The fourth-order valence-electron chi connectivity index (χ4n) is 2.26. The molecule has 0 atom stereocenters. The van der Waals surface area contributed by atoms with Crippen molar-refractivity contribution >= 4 is 11.4 Å². The van der Waals surface area contributed by atoms with E-state index in [1.165, 1.54) is 11.3 Å². The summed E-state index contributed by atoms with van der Waals surface area (Å²) in [6.07, 6.45) is 0. The van der Waals surface area contributed by atoms with E-state index in [9.17, 15) is 0 Å². The minimum Gasteiger partial charge on any atom is -0.497 e. The Morgan fingerprint density at radius 2 is 1.95 bits per heavy atom. The van der Waals surface area contributed by atoms with Crippen molar-refractivity contribution in [3.05, 3.63) is 53.6 Å². The van der Waals surface area contributed by atoms with Crippen molar-refractivity contribution in [3.63, 3.8) is 0 Å². The summed E-state index contributed by atoms with van der Waals surface area (Å²) in [4.78, 5) is 2.31. The second-order valence-corrected chi connectivity index (χ2v) is 4.92. The summed E-state index contributed by atoms with van der Waals surface area (Å²) < 4.78 is 5.19. The number of aryl methyl sites for hydroxylation is 1. The molecule has 106 valence electrons. The molecule has 0 aliphatic rings. The van der Waals surface area contributed by atoms with Crippen molar-refractivity contribution < 1.29 is 4.74 Å². The van der Waals surface area contributed by atoms with Crippen molar-refractivity contribution in [2.75, 3.05) is 24.3 Å². The summed E-state index contributed by atoms with van der Waals surface area (Å²) in [5.74, 6) is 0.796. The van der Waals surface area contributed by atoms with Gasteiger partial charge in [-0.1, -0.05) is 18.2 Å². The smallest absolute Gasteiger partial charge is 0.120 e. The zero-order valence-electron chi connectivity index (χ0n) is 12.4. The van der Waals surface area contributed by atoms with Crippen LogP contribution >= 0.6 is 0 Å². The Morgan fingerprint density at radius 1 is 1.15 bits per heavy atom. The maximum absolute atomic E-state index is 6.10. The minimum atomic E-state index is 0.774. The van der Waals surface area contributed by atoms with Crippen LogP contribution in [0.2, 0.25) is 0 Å². The van der Waals surface area contributed by atoms with Crippen LogP contribution in [0.3, 0.4) is 0 Å². The van der Waals surface area contributed by atoms with Crippen LogP contribution in [-0.2, 0) is 6.54 Å². The van der Waals surface area contributed by atoms with Crippen molar-refractivity contribution in [1.29, 1.82) is 0 Å². The average molecular weight is 270 g/mol. The lowest BCUT2D eigenvalue weighted by Crippen LogP contribution is -2.22. The molecule has 0 aliphatic carbocycles. The van der Waals surface area contributed by atoms with E-state index in [-0.39, 0.29) is 0 Å². The summed E-state index contributed by atoms with van der Waals surface area (Å²) >= 11 is 0. The molecule has 0 amide bonds. The van der Waals surface area contributed by atoms with Crippen LogP contribution < -0.4 is 15.4 Å².